The van der Waals surface area contributed by atoms with Gasteiger partial charge in [-0.15, -0.1) is 0 Å². The monoisotopic (exact) mass is 242 g/mol. The van der Waals surface area contributed by atoms with Gasteiger partial charge in [-0.25, -0.2) is 0 Å². The molecule has 0 atom stereocenters. The predicted octanol–water partition coefficient (Wildman–Crippen LogP) is 1.72. The summed E-state index contributed by atoms with van der Waals surface area (Å²) >= 11 is 6.66. The molecule has 0 rings (SSSR count). The Morgan fingerprint density at radius 1 is 1.57 bits per heavy atom. The van der Waals surface area contributed by atoms with Crippen LogP contribution in [0.3, 0.4) is 0 Å². The van der Waals surface area contributed by atoms with E-state index >= 15 is 0 Å². The molecular formula is C4H8Br2Si. The van der Waals surface area contributed by atoms with Crippen LogP contribution < -0.4 is 0 Å². The highest BCUT2D eigenvalue weighted by atomic mass is 79.9. The van der Waals surface area contributed by atoms with Gasteiger partial charge in [0, 0.05) is 10.2 Å². The van der Waals surface area contributed by atoms with Crippen LogP contribution in [-0.2, 0) is 0 Å². The molecule has 3 heteroatoms. The van der Waals surface area contributed by atoms with E-state index in [1.165, 1.54) is 5.20 Å². The van der Waals surface area contributed by atoms with Crippen molar-refractivity contribution in [3.63, 3.8) is 0 Å². The summed E-state index contributed by atoms with van der Waals surface area (Å²) in [6.45, 7) is 2.16. The van der Waals surface area contributed by atoms with E-state index in [1.807, 2.05) is 0 Å². The lowest BCUT2D eigenvalue weighted by molar-refractivity contribution is 1.20. The van der Waals surface area contributed by atoms with Gasteiger partial charge in [0.2, 0.25) is 0 Å². The van der Waals surface area contributed by atoms with Gasteiger partial charge in [0.25, 0.3) is 0 Å². The average Bonchev–Trinajstić information content (AvgIpc) is 1.65. The van der Waals surface area contributed by atoms with Crippen LogP contribution in [-0.4, -0.2) is 10.2 Å². The van der Waals surface area contributed by atoms with Crippen LogP contribution in [0.25, 0.3) is 0 Å². The van der Waals surface area contributed by atoms with E-state index in [2.05, 4.69) is 38.8 Å². The molecule has 0 saturated carbocycles. The first-order valence-corrected chi connectivity index (χ1v) is 4.77. The van der Waals surface area contributed by atoms with Crippen molar-refractivity contribution in [1.29, 1.82) is 0 Å². The molecule has 0 radical (unpaired) electrons. The Labute approximate surface area is 64.1 Å². The largest absolute Gasteiger partial charge is 0.0713 e. The number of rotatable bonds is 1. The fraction of sp³-hybridized carbons (Fsp3) is 0.500. The molecule has 0 nitrogen and oxygen atoms in total. The maximum absolute atomic E-state index is 3.33. The summed E-state index contributed by atoms with van der Waals surface area (Å²) in [5.74, 6) is 0. The molecule has 0 saturated heterocycles. The van der Waals surface area contributed by atoms with E-state index in [0.29, 0.717) is 0 Å². The van der Waals surface area contributed by atoms with Crippen LogP contribution in [0.5, 0.6) is 0 Å². The molecule has 0 aromatic rings. The van der Waals surface area contributed by atoms with E-state index in [4.69, 9.17) is 0 Å². The van der Waals surface area contributed by atoms with Crippen LogP contribution in [0.1, 0.15) is 13.3 Å². The predicted molar refractivity (Wildman–Crippen MR) is 45.1 cm³/mol. The van der Waals surface area contributed by atoms with Gasteiger partial charge >= 0.3 is 0 Å². The lowest BCUT2D eigenvalue weighted by atomic mass is 10.5. The van der Waals surface area contributed by atoms with Crippen LogP contribution >= 0.6 is 31.9 Å². The van der Waals surface area contributed by atoms with Gasteiger partial charge in [0.05, 0.1) is 3.39 Å². The van der Waals surface area contributed by atoms with E-state index in [9.17, 15) is 0 Å². The van der Waals surface area contributed by atoms with Gasteiger partial charge in [-0.1, -0.05) is 12.1 Å². The fourth-order valence-electron chi connectivity index (χ4n) is 0.134. The number of hydrogen-bond donors (Lipinski definition) is 0. The van der Waals surface area contributed by atoms with Gasteiger partial charge in [-0.2, -0.15) is 0 Å². The van der Waals surface area contributed by atoms with Crippen molar-refractivity contribution in [3.8, 4) is 0 Å². The smallest absolute Gasteiger partial charge is 0.0547 e. The Balaban J connectivity index is 3.72. The minimum atomic E-state index is 1.15. The zero-order valence-corrected chi connectivity index (χ0v) is 9.64. The summed E-state index contributed by atoms with van der Waals surface area (Å²) in [6, 6.07) is 0. The van der Waals surface area contributed by atoms with Crippen molar-refractivity contribution in [2.45, 2.75) is 13.3 Å². The van der Waals surface area contributed by atoms with Crippen LogP contribution in [0.2, 0.25) is 0 Å². The Morgan fingerprint density at radius 2 is 2.00 bits per heavy atom. The first kappa shape index (κ1) is 7.92. The van der Waals surface area contributed by atoms with Crippen molar-refractivity contribution >= 4 is 42.1 Å². The topological polar surface area (TPSA) is 0 Å². The molecule has 0 aliphatic rings. The highest BCUT2D eigenvalue weighted by Crippen LogP contribution is 2.18. The zero-order chi connectivity index (χ0) is 5.86. The van der Waals surface area contributed by atoms with E-state index in [1.54, 1.807) is 0 Å². The summed E-state index contributed by atoms with van der Waals surface area (Å²) in [7, 11) is 1.16. The quantitative estimate of drug-likeness (QED) is 0.616. The molecule has 0 aliphatic carbocycles. The molecule has 0 unspecified atom stereocenters. The highest BCUT2D eigenvalue weighted by molar-refractivity contribution is 9.28. The Bertz CT molecular complexity index is 83.7. The molecule has 0 aromatic heterocycles. The summed E-state index contributed by atoms with van der Waals surface area (Å²) < 4.78 is 1.15. The summed E-state index contributed by atoms with van der Waals surface area (Å²) in [5, 5.41) is 1.49. The van der Waals surface area contributed by atoms with E-state index < -0.39 is 0 Å². The standard InChI is InChI=1S/C4H8Br2Si/c1-2-3(7)4(5)6/h2H2,1,7H3. The van der Waals surface area contributed by atoms with Crippen molar-refractivity contribution in [2.24, 2.45) is 0 Å². The average molecular weight is 244 g/mol. The third-order valence-electron chi connectivity index (χ3n) is 0.853. The second-order valence-electron chi connectivity index (χ2n) is 1.39. The second kappa shape index (κ2) is 3.86. The SMILES string of the molecule is CCC([SiH3])=C(Br)Br. The third-order valence-corrected chi connectivity index (χ3v) is 4.88. The van der Waals surface area contributed by atoms with Crippen LogP contribution in [0.15, 0.2) is 8.59 Å². The summed E-state index contributed by atoms with van der Waals surface area (Å²) in [6.07, 6.45) is 1.16. The van der Waals surface area contributed by atoms with Crippen LogP contribution in [0, 0.1) is 0 Å². The second-order valence-corrected chi connectivity index (χ2v) is 5.25. The molecule has 0 aromatic carbocycles. The van der Waals surface area contributed by atoms with Gasteiger partial charge in [-0.05, 0) is 38.3 Å². The summed E-state index contributed by atoms with van der Waals surface area (Å²) in [4.78, 5) is 0. The molecule has 42 valence electrons. The van der Waals surface area contributed by atoms with Crippen molar-refractivity contribution < 1.29 is 0 Å². The van der Waals surface area contributed by atoms with Crippen molar-refractivity contribution in [2.75, 3.05) is 0 Å². The lowest BCUT2D eigenvalue weighted by Gasteiger charge is -1.90. The van der Waals surface area contributed by atoms with Crippen LogP contribution in [0.4, 0.5) is 0 Å². The molecule has 0 heterocycles. The molecule has 0 spiro atoms. The first-order chi connectivity index (χ1) is 3.18. The Hall–Kier alpha value is 0.917. The van der Waals surface area contributed by atoms with E-state index in [0.717, 1.165) is 20.1 Å². The maximum Gasteiger partial charge on any atom is 0.0547 e. The van der Waals surface area contributed by atoms with E-state index in [-0.39, 0.29) is 0 Å². The first-order valence-electron chi connectivity index (χ1n) is 2.19. The Morgan fingerprint density at radius 3 is 2.00 bits per heavy atom. The minimum absolute atomic E-state index is 1.15. The van der Waals surface area contributed by atoms with Crippen molar-refractivity contribution in [3.05, 3.63) is 8.59 Å². The lowest BCUT2D eigenvalue weighted by Crippen LogP contribution is -1.75. The van der Waals surface area contributed by atoms with Gasteiger partial charge < -0.3 is 0 Å². The van der Waals surface area contributed by atoms with Gasteiger partial charge in [-0.3, -0.25) is 0 Å². The van der Waals surface area contributed by atoms with Gasteiger partial charge in [0.1, 0.15) is 0 Å². The molecule has 0 bridgehead atoms. The zero-order valence-electron chi connectivity index (χ0n) is 4.46. The molecule has 0 amide bonds. The normalized spacial score (nSPS) is 9.00. The number of halogens is 2. The van der Waals surface area contributed by atoms with Gasteiger partial charge in [0.15, 0.2) is 0 Å². The molecule has 7 heavy (non-hydrogen) atoms. The number of hydrogen-bond acceptors (Lipinski definition) is 0. The Kier molecular flexibility index (Phi) is 4.37. The molecule has 0 N–H and O–H groups in total. The van der Waals surface area contributed by atoms with Crippen molar-refractivity contribution in [1.82, 2.24) is 0 Å². The minimum Gasteiger partial charge on any atom is -0.0713 e. The third kappa shape index (κ3) is 3.50. The highest BCUT2D eigenvalue weighted by Gasteiger charge is 1.86. The molecule has 0 aliphatic heterocycles. The molecule has 0 fully saturated rings. The summed E-state index contributed by atoms with van der Waals surface area (Å²) in [5.41, 5.74) is 0. The number of allylic oxidation sites excluding steroid dienone is 1. The molecular weight excluding hydrogens is 236 g/mol. The maximum atomic E-state index is 3.33. The fourth-order valence-corrected chi connectivity index (χ4v) is 0.694.